The maximum absolute atomic E-state index is 12.6. The van der Waals surface area contributed by atoms with Crippen molar-refractivity contribution in [3.05, 3.63) is 51.1 Å². The molecule has 0 unspecified atom stereocenters. The molecule has 0 saturated heterocycles. The second-order valence-corrected chi connectivity index (χ2v) is 5.64. The Kier molecular flexibility index (Phi) is 3.60. The van der Waals surface area contributed by atoms with Gasteiger partial charge in [0, 0.05) is 31.1 Å². The van der Waals surface area contributed by atoms with Crippen LogP contribution in [0.2, 0.25) is 0 Å². The Morgan fingerprint density at radius 3 is 2.91 bits per heavy atom. The van der Waals surface area contributed by atoms with E-state index in [4.69, 9.17) is 4.42 Å². The molecule has 22 heavy (non-hydrogen) atoms. The van der Waals surface area contributed by atoms with Crippen molar-refractivity contribution in [2.24, 2.45) is 7.05 Å². The van der Waals surface area contributed by atoms with Crippen LogP contribution in [0.15, 0.2) is 21.6 Å². The summed E-state index contributed by atoms with van der Waals surface area (Å²) in [4.78, 5) is 30.7. The predicted molar refractivity (Wildman–Crippen MR) is 80.7 cm³/mol. The molecule has 0 saturated carbocycles. The Labute approximate surface area is 128 Å². The van der Waals surface area contributed by atoms with Gasteiger partial charge in [0.15, 0.2) is 5.76 Å². The number of nitrogens with zero attached hydrogens (tertiary/aromatic N) is 3. The van der Waals surface area contributed by atoms with Crippen LogP contribution in [0.3, 0.4) is 0 Å². The number of amides is 1. The number of hydrogen-bond acceptors (Lipinski definition) is 4. The van der Waals surface area contributed by atoms with Gasteiger partial charge in [-0.3, -0.25) is 9.59 Å². The maximum Gasteiger partial charge on any atom is 0.290 e. The Hall–Kier alpha value is -2.37. The lowest BCUT2D eigenvalue weighted by atomic mass is 10.1. The van der Waals surface area contributed by atoms with E-state index in [-0.39, 0.29) is 11.5 Å². The lowest BCUT2D eigenvalue weighted by molar-refractivity contribution is 0.0696. The summed E-state index contributed by atoms with van der Waals surface area (Å²) < 4.78 is 7.10. The van der Waals surface area contributed by atoms with E-state index in [0.29, 0.717) is 36.5 Å². The molecule has 1 aliphatic heterocycles. The summed E-state index contributed by atoms with van der Waals surface area (Å²) in [5.41, 5.74) is 2.21. The van der Waals surface area contributed by atoms with Crippen molar-refractivity contribution in [2.75, 3.05) is 6.54 Å². The second-order valence-electron chi connectivity index (χ2n) is 5.64. The summed E-state index contributed by atoms with van der Waals surface area (Å²) in [6.07, 6.45) is 2.79. The van der Waals surface area contributed by atoms with Crippen molar-refractivity contribution in [1.29, 1.82) is 0 Å². The first-order chi connectivity index (χ1) is 10.5. The van der Waals surface area contributed by atoms with Crippen LogP contribution in [-0.4, -0.2) is 26.9 Å². The third-order valence-corrected chi connectivity index (χ3v) is 4.08. The lowest BCUT2D eigenvalue weighted by Crippen LogP contribution is -2.40. The van der Waals surface area contributed by atoms with E-state index >= 15 is 0 Å². The standard InChI is InChI=1S/C16H19N3O3/c1-4-11-7-10(2)14(22-11)16(21)19-6-5-12-13(8-19)17-9-18(3)15(12)20/h7,9H,4-6,8H2,1-3H3. The fourth-order valence-corrected chi connectivity index (χ4v) is 2.77. The van der Waals surface area contributed by atoms with Crippen LogP contribution in [0.4, 0.5) is 0 Å². The summed E-state index contributed by atoms with van der Waals surface area (Å²) >= 11 is 0. The first-order valence-corrected chi connectivity index (χ1v) is 7.43. The number of aromatic nitrogens is 2. The van der Waals surface area contributed by atoms with E-state index in [1.165, 1.54) is 10.9 Å². The van der Waals surface area contributed by atoms with Crippen molar-refractivity contribution in [1.82, 2.24) is 14.5 Å². The van der Waals surface area contributed by atoms with Crippen LogP contribution in [-0.2, 0) is 26.4 Å². The van der Waals surface area contributed by atoms with Crippen molar-refractivity contribution in [3.8, 4) is 0 Å². The normalized spacial score (nSPS) is 14.0. The number of furan rings is 1. The van der Waals surface area contributed by atoms with Crippen LogP contribution in [0.1, 0.15) is 40.1 Å². The molecule has 6 heteroatoms. The largest absolute Gasteiger partial charge is 0.456 e. The van der Waals surface area contributed by atoms with E-state index in [1.807, 2.05) is 19.9 Å². The zero-order valence-electron chi connectivity index (χ0n) is 13.0. The molecule has 0 N–H and O–H groups in total. The van der Waals surface area contributed by atoms with Crippen LogP contribution in [0.25, 0.3) is 0 Å². The van der Waals surface area contributed by atoms with Crippen molar-refractivity contribution in [2.45, 2.75) is 33.2 Å². The van der Waals surface area contributed by atoms with Gasteiger partial charge in [-0.25, -0.2) is 4.98 Å². The quantitative estimate of drug-likeness (QED) is 0.842. The fourth-order valence-electron chi connectivity index (χ4n) is 2.77. The molecule has 0 atom stereocenters. The second kappa shape index (κ2) is 5.44. The monoisotopic (exact) mass is 301 g/mol. The van der Waals surface area contributed by atoms with Gasteiger partial charge in [0.25, 0.3) is 11.5 Å². The van der Waals surface area contributed by atoms with E-state index in [0.717, 1.165) is 17.7 Å². The summed E-state index contributed by atoms with van der Waals surface area (Å²) in [6.45, 7) is 4.73. The number of rotatable bonds is 2. The minimum absolute atomic E-state index is 0.0282. The van der Waals surface area contributed by atoms with Gasteiger partial charge in [-0.2, -0.15) is 0 Å². The third kappa shape index (κ3) is 2.34. The number of hydrogen-bond donors (Lipinski definition) is 0. The van der Waals surface area contributed by atoms with Crippen molar-refractivity contribution >= 4 is 5.91 Å². The van der Waals surface area contributed by atoms with Gasteiger partial charge in [-0.05, 0) is 19.4 Å². The Balaban J connectivity index is 1.88. The number of aryl methyl sites for hydroxylation is 3. The molecule has 2 aromatic rings. The number of carbonyl (C=O) groups is 1. The Morgan fingerprint density at radius 1 is 1.45 bits per heavy atom. The highest BCUT2D eigenvalue weighted by atomic mass is 16.4. The van der Waals surface area contributed by atoms with E-state index < -0.39 is 0 Å². The van der Waals surface area contributed by atoms with Crippen LogP contribution in [0, 0.1) is 6.92 Å². The molecule has 116 valence electrons. The summed E-state index contributed by atoms with van der Waals surface area (Å²) in [7, 11) is 1.69. The molecule has 0 radical (unpaired) electrons. The minimum atomic E-state index is -0.134. The SMILES string of the molecule is CCc1cc(C)c(C(=O)N2CCc3c(ncn(C)c3=O)C2)o1. The smallest absolute Gasteiger partial charge is 0.290 e. The van der Waals surface area contributed by atoms with Gasteiger partial charge >= 0.3 is 0 Å². The predicted octanol–water partition coefficient (Wildman–Crippen LogP) is 1.44. The van der Waals surface area contributed by atoms with Crippen molar-refractivity contribution < 1.29 is 9.21 Å². The zero-order chi connectivity index (χ0) is 15.9. The summed E-state index contributed by atoms with van der Waals surface area (Å²) in [5.74, 6) is 1.07. The molecular formula is C16H19N3O3. The molecule has 3 heterocycles. The zero-order valence-corrected chi connectivity index (χ0v) is 13.0. The van der Waals surface area contributed by atoms with Gasteiger partial charge in [0.1, 0.15) is 5.76 Å². The molecule has 1 aliphatic rings. The van der Waals surface area contributed by atoms with Gasteiger partial charge in [0.2, 0.25) is 0 Å². The van der Waals surface area contributed by atoms with Crippen LogP contribution in [0.5, 0.6) is 0 Å². The fraction of sp³-hybridized carbons (Fsp3) is 0.438. The Bertz CT molecular complexity index is 788. The Morgan fingerprint density at radius 2 is 2.23 bits per heavy atom. The molecule has 1 amide bonds. The summed E-state index contributed by atoms with van der Waals surface area (Å²) in [5, 5.41) is 0. The molecular weight excluding hydrogens is 282 g/mol. The topological polar surface area (TPSA) is 68.3 Å². The van der Waals surface area contributed by atoms with Crippen LogP contribution >= 0.6 is 0 Å². The number of fused-ring (bicyclic) bond motifs is 1. The molecule has 0 fully saturated rings. The summed E-state index contributed by atoms with van der Waals surface area (Å²) in [6, 6.07) is 1.90. The average molecular weight is 301 g/mol. The highest BCUT2D eigenvalue weighted by Crippen LogP contribution is 2.21. The van der Waals surface area contributed by atoms with Crippen LogP contribution < -0.4 is 5.56 Å². The van der Waals surface area contributed by atoms with E-state index in [2.05, 4.69) is 4.98 Å². The highest BCUT2D eigenvalue weighted by Gasteiger charge is 2.27. The van der Waals surface area contributed by atoms with Crippen molar-refractivity contribution in [3.63, 3.8) is 0 Å². The maximum atomic E-state index is 12.6. The third-order valence-electron chi connectivity index (χ3n) is 4.08. The minimum Gasteiger partial charge on any atom is -0.456 e. The molecule has 0 spiro atoms. The molecule has 0 aliphatic carbocycles. The number of carbonyl (C=O) groups excluding carboxylic acids is 1. The molecule has 0 bridgehead atoms. The first kappa shape index (κ1) is 14.6. The van der Waals surface area contributed by atoms with Gasteiger partial charge in [-0.1, -0.05) is 6.92 Å². The van der Waals surface area contributed by atoms with E-state index in [9.17, 15) is 9.59 Å². The van der Waals surface area contributed by atoms with Gasteiger partial charge in [0.05, 0.1) is 18.6 Å². The van der Waals surface area contributed by atoms with Gasteiger partial charge < -0.3 is 13.9 Å². The molecule has 6 nitrogen and oxygen atoms in total. The van der Waals surface area contributed by atoms with Gasteiger partial charge in [-0.15, -0.1) is 0 Å². The molecule has 0 aromatic carbocycles. The highest BCUT2D eigenvalue weighted by molar-refractivity contribution is 5.93. The van der Waals surface area contributed by atoms with E-state index in [1.54, 1.807) is 11.9 Å². The average Bonchev–Trinajstić information content (AvgIpc) is 2.91. The lowest BCUT2D eigenvalue weighted by Gasteiger charge is -2.27. The first-order valence-electron chi connectivity index (χ1n) is 7.43. The molecule has 3 rings (SSSR count). The molecule has 2 aromatic heterocycles.